The number of carboxylic acids is 1. The molecular weight excluding hydrogens is 450 g/mol. The van der Waals surface area contributed by atoms with Crippen LogP contribution in [0.4, 0.5) is 5.69 Å². The monoisotopic (exact) mass is 463 g/mol. The van der Waals surface area contributed by atoms with Gasteiger partial charge in [-0.2, -0.15) is 0 Å². The summed E-state index contributed by atoms with van der Waals surface area (Å²) < 4.78 is 6.64. The van der Waals surface area contributed by atoms with E-state index < -0.39 is 5.97 Å². The molecule has 0 saturated carbocycles. The van der Waals surface area contributed by atoms with Crippen LogP contribution in [-0.4, -0.2) is 27.9 Å². The van der Waals surface area contributed by atoms with Crippen molar-refractivity contribution in [1.82, 2.24) is 0 Å². The van der Waals surface area contributed by atoms with Crippen LogP contribution in [0.5, 0.6) is 5.75 Å². The predicted octanol–water partition coefficient (Wildman–Crippen LogP) is 4.71. The number of hydrogen-bond donors (Lipinski definition) is 1. The Labute approximate surface area is 174 Å². The van der Waals surface area contributed by atoms with Gasteiger partial charge in [-0.15, -0.1) is 0 Å². The lowest BCUT2D eigenvalue weighted by Crippen LogP contribution is -2.27. The van der Waals surface area contributed by atoms with E-state index in [0.717, 1.165) is 10.0 Å². The first-order valence-corrected chi connectivity index (χ1v) is 9.94. The first-order valence-electron chi connectivity index (χ1n) is 7.93. The molecule has 0 bridgehead atoms. The van der Waals surface area contributed by atoms with Crippen molar-refractivity contribution >= 4 is 67.9 Å². The zero-order valence-electron chi connectivity index (χ0n) is 13.9. The summed E-state index contributed by atoms with van der Waals surface area (Å²) in [4.78, 5) is 25.3. The van der Waals surface area contributed by atoms with Crippen LogP contribution < -0.4 is 9.64 Å². The van der Waals surface area contributed by atoms with Gasteiger partial charge in [0.15, 0.2) is 4.32 Å². The average molecular weight is 464 g/mol. The van der Waals surface area contributed by atoms with Crippen LogP contribution in [0.3, 0.4) is 0 Å². The van der Waals surface area contributed by atoms with Gasteiger partial charge in [-0.3, -0.25) is 14.5 Å². The highest BCUT2D eigenvalue weighted by molar-refractivity contribution is 9.10. The number of amides is 1. The number of nitrogens with zero attached hydrogens (tertiary/aromatic N) is 1. The van der Waals surface area contributed by atoms with Gasteiger partial charge in [0.05, 0.1) is 23.6 Å². The maximum Gasteiger partial charge on any atom is 0.306 e. The average Bonchev–Trinajstić information content (AvgIpc) is 2.90. The molecule has 8 heteroatoms. The van der Waals surface area contributed by atoms with Crippen molar-refractivity contribution in [2.24, 2.45) is 0 Å². The van der Waals surface area contributed by atoms with E-state index in [1.807, 2.05) is 24.3 Å². The highest BCUT2D eigenvalue weighted by Gasteiger charge is 2.34. The van der Waals surface area contributed by atoms with Crippen molar-refractivity contribution in [3.8, 4) is 5.75 Å². The molecule has 2 aromatic carbocycles. The number of anilines is 1. The number of carbonyl (C=O) groups excluding carboxylic acids is 1. The second kappa shape index (κ2) is 8.69. The van der Waals surface area contributed by atoms with E-state index in [1.54, 1.807) is 30.3 Å². The number of hydrogen-bond acceptors (Lipinski definition) is 5. The van der Waals surface area contributed by atoms with Crippen LogP contribution in [0.2, 0.25) is 0 Å². The lowest BCUT2D eigenvalue weighted by atomic mass is 10.2. The zero-order valence-corrected chi connectivity index (χ0v) is 17.1. The summed E-state index contributed by atoms with van der Waals surface area (Å²) in [5.74, 6) is -0.494. The molecule has 27 heavy (non-hydrogen) atoms. The van der Waals surface area contributed by atoms with Gasteiger partial charge in [0.2, 0.25) is 0 Å². The Morgan fingerprint density at radius 1 is 1.22 bits per heavy atom. The second-order valence-corrected chi connectivity index (χ2v) is 8.06. The van der Waals surface area contributed by atoms with Gasteiger partial charge >= 0.3 is 5.97 Å². The molecule has 0 aromatic heterocycles. The van der Waals surface area contributed by atoms with Crippen molar-refractivity contribution in [1.29, 1.82) is 0 Å². The standard InChI is InChI=1S/C19H14BrNO4S2/c20-14-3-1-2-4-15(14)21-18(24)16(27-19(21)26)11-12-5-7-13(8-6-12)25-10-9-17(22)23/h1-8,11H,9-10H2,(H,22,23)/b16-11+. The molecule has 3 rings (SSSR count). The number of halogens is 1. The van der Waals surface area contributed by atoms with Crippen LogP contribution in [0, 0.1) is 0 Å². The van der Waals surface area contributed by atoms with E-state index in [9.17, 15) is 9.59 Å². The first-order chi connectivity index (χ1) is 13.0. The van der Waals surface area contributed by atoms with E-state index in [0.29, 0.717) is 20.7 Å². The molecule has 0 aliphatic carbocycles. The van der Waals surface area contributed by atoms with E-state index in [2.05, 4.69) is 15.9 Å². The summed E-state index contributed by atoms with van der Waals surface area (Å²) in [6.45, 7) is 0.110. The van der Waals surface area contributed by atoms with Crippen molar-refractivity contribution in [3.63, 3.8) is 0 Å². The number of carbonyl (C=O) groups is 2. The van der Waals surface area contributed by atoms with E-state index in [-0.39, 0.29) is 18.9 Å². The van der Waals surface area contributed by atoms with Gasteiger partial charge in [0.25, 0.3) is 5.91 Å². The molecule has 1 heterocycles. The number of thiocarbonyl (C=S) groups is 1. The lowest BCUT2D eigenvalue weighted by Gasteiger charge is -2.15. The summed E-state index contributed by atoms with van der Waals surface area (Å²) in [6, 6.07) is 14.5. The largest absolute Gasteiger partial charge is 0.493 e. The number of ether oxygens (including phenoxy) is 1. The van der Waals surface area contributed by atoms with E-state index in [4.69, 9.17) is 22.1 Å². The first kappa shape index (κ1) is 19.6. The third-order valence-electron chi connectivity index (χ3n) is 3.65. The van der Waals surface area contributed by atoms with Crippen LogP contribution >= 0.6 is 39.9 Å². The molecule has 1 N–H and O–H groups in total. The molecule has 138 valence electrons. The Hall–Kier alpha value is -2.16. The van der Waals surface area contributed by atoms with Crippen LogP contribution in [-0.2, 0) is 9.59 Å². The van der Waals surface area contributed by atoms with Crippen molar-refractivity contribution in [3.05, 3.63) is 63.5 Å². The maximum absolute atomic E-state index is 12.8. The van der Waals surface area contributed by atoms with E-state index in [1.165, 1.54) is 16.7 Å². The van der Waals surface area contributed by atoms with Gasteiger partial charge in [-0.25, -0.2) is 0 Å². The maximum atomic E-state index is 12.8. The molecule has 1 saturated heterocycles. The number of aliphatic carboxylic acids is 1. The molecule has 5 nitrogen and oxygen atoms in total. The fourth-order valence-electron chi connectivity index (χ4n) is 2.38. The van der Waals surface area contributed by atoms with E-state index >= 15 is 0 Å². The van der Waals surface area contributed by atoms with Crippen molar-refractivity contribution in [2.45, 2.75) is 6.42 Å². The minimum Gasteiger partial charge on any atom is -0.493 e. The molecule has 1 aliphatic heterocycles. The summed E-state index contributed by atoms with van der Waals surface area (Å²) in [5, 5.41) is 8.62. The van der Waals surface area contributed by atoms with Crippen LogP contribution in [0.15, 0.2) is 57.9 Å². The number of rotatable bonds is 6. The van der Waals surface area contributed by atoms with Gasteiger partial charge < -0.3 is 9.84 Å². The third-order valence-corrected chi connectivity index (χ3v) is 5.62. The van der Waals surface area contributed by atoms with Gasteiger partial charge in [-0.05, 0) is 51.8 Å². The fourth-order valence-corrected chi connectivity index (χ4v) is 4.12. The summed E-state index contributed by atoms with van der Waals surface area (Å²) in [5.41, 5.74) is 1.54. The minimum atomic E-state index is -0.904. The highest BCUT2D eigenvalue weighted by Crippen LogP contribution is 2.38. The zero-order chi connectivity index (χ0) is 19.4. The number of carboxylic acid groups (broad SMARTS) is 1. The predicted molar refractivity (Wildman–Crippen MR) is 114 cm³/mol. The summed E-state index contributed by atoms with van der Waals surface area (Å²) in [7, 11) is 0. The van der Waals surface area contributed by atoms with Crippen molar-refractivity contribution in [2.75, 3.05) is 11.5 Å². The highest BCUT2D eigenvalue weighted by atomic mass is 79.9. The smallest absolute Gasteiger partial charge is 0.306 e. The lowest BCUT2D eigenvalue weighted by molar-refractivity contribution is -0.137. The molecule has 0 atom stereocenters. The Bertz CT molecular complexity index is 928. The molecule has 0 spiro atoms. The summed E-state index contributed by atoms with van der Waals surface area (Å²) in [6.07, 6.45) is 1.72. The summed E-state index contributed by atoms with van der Waals surface area (Å²) >= 11 is 10.1. The Balaban J connectivity index is 1.74. The molecule has 1 fully saturated rings. The normalized spacial score (nSPS) is 15.4. The topological polar surface area (TPSA) is 66.8 Å². The van der Waals surface area contributed by atoms with Crippen LogP contribution in [0.25, 0.3) is 6.08 Å². The number of thioether (sulfide) groups is 1. The minimum absolute atomic E-state index is 0.0563. The fraction of sp³-hybridized carbons (Fsp3) is 0.105. The van der Waals surface area contributed by atoms with Crippen LogP contribution in [0.1, 0.15) is 12.0 Å². The Morgan fingerprint density at radius 3 is 2.59 bits per heavy atom. The van der Waals surface area contributed by atoms with Crippen molar-refractivity contribution < 1.29 is 19.4 Å². The number of para-hydroxylation sites is 1. The number of benzene rings is 2. The molecule has 0 unspecified atom stereocenters. The van der Waals surface area contributed by atoms with Gasteiger partial charge in [-0.1, -0.05) is 48.2 Å². The Morgan fingerprint density at radius 2 is 1.93 bits per heavy atom. The third kappa shape index (κ3) is 4.77. The second-order valence-electron chi connectivity index (χ2n) is 5.53. The molecule has 1 amide bonds. The molecule has 2 aromatic rings. The van der Waals surface area contributed by atoms with Gasteiger partial charge in [0, 0.05) is 4.47 Å². The Kier molecular flexibility index (Phi) is 6.30. The molecular formula is C19H14BrNO4S2. The molecule has 0 radical (unpaired) electrons. The molecule has 1 aliphatic rings. The SMILES string of the molecule is O=C(O)CCOc1ccc(/C=C2/SC(=S)N(c3ccccc3Br)C2=O)cc1. The quantitative estimate of drug-likeness (QED) is 0.494. The van der Waals surface area contributed by atoms with Gasteiger partial charge in [0.1, 0.15) is 5.75 Å².